The molecule has 110 valence electrons. The second-order valence-corrected chi connectivity index (χ2v) is 6.40. The van der Waals surface area contributed by atoms with Crippen LogP contribution < -0.4 is 10.6 Å². The molecule has 1 amide bonds. The summed E-state index contributed by atoms with van der Waals surface area (Å²) in [5.74, 6) is 0.119. The number of carbonyl (C=O) groups is 1. The SMILES string of the molecule is O=C(CNCc1ccc(Br)cc1)NC1CCCCCC1. The Morgan fingerprint density at radius 1 is 1.10 bits per heavy atom. The first-order valence-corrected chi connectivity index (χ1v) is 8.28. The highest BCUT2D eigenvalue weighted by Gasteiger charge is 2.14. The second-order valence-electron chi connectivity index (χ2n) is 5.49. The van der Waals surface area contributed by atoms with Crippen molar-refractivity contribution in [2.24, 2.45) is 0 Å². The fourth-order valence-corrected chi connectivity index (χ4v) is 2.89. The predicted octanol–water partition coefficient (Wildman–Crippen LogP) is 3.38. The van der Waals surface area contributed by atoms with Gasteiger partial charge in [0, 0.05) is 17.1 Å². The van der Waals surface area contributed by atoms with Crippen molar-refractivity contribution in [3.05, 3.63) is 34.3 Å². The minimum Gasteiger partial charge on any atom is -0.352 e. The van der Waals surface area contributed by atoms with Crippen LogP contribution in [0.1, 0.15) is 44.1 Å². The third-order valence-corrected chi connectivity index (χ3v) is 4.28. The lowest BCUT2D eigenvalue weighted by Gasteiger charge is -2.16. The molecule has 1 aromatic carbocycles. The zero-order valence-corrected chi connectivity index (χ0v) is 13.4. The fraction of sp³-hybridized carbons (Fsp3) is 0.562. The fourth-order valence-electron chi connectivity index (χ4n) is 2.63. The summed E-state index contributed by atoms with van der Waals surface area (Å²) in [5, 5.41) is 6.34. The van der Waals surface area contributed by atoms with E-state index in [1.165, 1.54) is 31.2 Å². The number of amides is 1. The number of carbonyl (C=O) groups excluding carboxylic acids is 1. The third kappa shape index (κ3) is 5.63. The van der Waals surface area contributed by atoms with Crippen LogP contribution >= 0.6 is 15.9 Å². The molecule has 20 heavy (non-hydrogen) atoms. The molecule has 0 spiro atoms. The minimum absolute atomic E-state index is 0.119. The molecule has 2 N–H and O–H groups in total. The van der Waals surface area contributed by atoms with E-state index >= 15 is 0 Å². The van der Waals surface area contributed by atoms with Crippen molar-refractivity contribution in [1.82, 2.24) is 10.6 Å². The maximum Gasteiger partial charge on any atom is 0.234 e. The van der Waals surface area contributed by atoms with Crippen molar-refractivity contribution in [2.45, 2.75) is 51.1 Å². The normalized spacial score (nSPS) is 16.6. The lowest BCUT2D eigenvalue weighted by molar-refractivity contribution is -0.121. The van der Waals surface area contributed by atoms with Gasteiger partial charge in [-0.3, -0.25) is 4.79 Å². The Bertz CT molecular complexity index is 411. The summed E-state index contributed by atoms with van der Waals surface area (Å²) in [5.41, 5.74) is 1.19. The van der Waals surface area contributed by atoms with E-state index in [-0.39, 0.29) is 5.91 Å². The van der Waals surface area contributed by atoms with Crippen LogP contribution in [-0.4, -0.2) is 18.5 Å². The van der Waals surface area contributed by atoms with Gasteiger partial charge in [0.15, 0.2) is 0 Å². The maximum atomic E-state index is 11.9. The maximum absolute atomic E-state index is 11.9. The van der Waals surface area contributed by atoms with E-state index in [0.29, 0.717) is 12.6 Å². The van der Waals surface area contributed by atoms with E-state index in [1.54, 1.807) is 0 Å². The quantitative estimate of drug-likeness (QED) is 0.808. The molecular formula is C16H23BrN2O. The van der Waals surface area contributed by atoms with Crippen LogP contribution in [0.5, 0.6) is 0 Å². The summed E-state index contributed by atoms with van der Waals surface area (Å²) in [6.07, 6.45) is 7.40. The van der Waals surface area contributed by atoms with Gasteiger partial charge in [0.1, 0.15) is 0 Å². The van der Waals surface area contributed by atoms with Gasteiger partial charge in [-0.2, -0.15) is 0 Å². The largest absolute Gasteiger partial charge is 0.352 e. The van der Waals surface area contributed by atoms with E-state index in [0.717, 1.165) is 23.9 Å². The Labute approximate surface area is 129 Å². The van der Waals surface area contributed by atoms with Gasteiger partial charge < -0.3 is 10.6 Å². The smallest absolute Gasteiger partial charge is 0.234 e. The van der Waals surface area contributed by atoms with Crippen LogP contribution in [0.3, 0.4) is 0 Å². The van der Waals surface area contributed by atoms with E-state index in [2.05, 4.69) is 38.7 Å². The van der Waals surface area contributed by atoms with Gasteiger partial charge in [-0.1, -0.05) is 53.7 Å². The number of hydrogen-bond donors (Lipinski definition) is 2. The molecule has 1 aliphatic rings. The number of rotatable bonds is 5. The Hall–Kier alpha value is -0.870. The summed E-state index contributed by atoms with van der Waals surface area (Å²) in [6, 6.07) is 8.53. The van der Waals surface area contributed by atoms with E-state index in [9.17, 15) is 4.79 Å². The van der Waals surface area contributed by atoms with Crippen molar-refractivity contribution in [3.63, 3.8) is 0 Å². The Balaban J connectivity index is 1.65. The summed E-state index contributed by atoms with van der Waals surface area (Å²) < 4.78 is 1.08. The van der Waals surface area contributed by atoms with Gasteiger partial charge in [-0.15, -0.1) is 0 Å². The van der Waals surface area contributed by atoms with Crippen molar-refractivity contribution < 1.29 is 4.79 Å². The molecule has 1 fully saturated rings. The summed E-state index contributed by atoms with van der Waals surface area (Å²) in [7, 11) is 0. The monoisotopic (exact) mass is 338 g/mol. The summed E-state index contributed by atoms with van der Waals surface area (Å²) >= 11 is 3.41. The van der Waals surface area contributed by atoms with Gasteiger partial charge in [0.2, 0.25) is 5.91 Å². The molecule has 0 heterocycles. The molecular weight excluding hydrogens is 316 g/mol. The van der Waals surface area contributed by atoms with E-state index in [4.69, 9.17) is 0 Å². The van der Waals surface area contributed by atoms with Gasteiger partial charge in [0.05, 0.1) is 6.54 Å². The molecule has 0 aromatic heterocycles. The lowest BCUT2D eigenvalue weighted by atomic mass is 10.1. The van der Waals surface area contributed by atoms with E-state index < -0.39 is 0 Å². The zero-order chi connectivity index (χ0) is 14.2. The Morgan fingerprint density at radius 2 is 1.75 bits per heavy atom. The highest BCUT2D eigenvalue weighted by molar-refractivity contribution is 9.10. The van der Waals surface area contributed by atoms with Crippen LogP contribution in [0.25, 0.3) is 0 Å². The van der Waals surface area contributed by atoms with Crippen LogP contribution in [0.15, 0.2) is 28.7 Å². The average molecular weight is 339 g/mol. The molecule has 0 aliphatic heterocycles. The molecule has 4 heteroatoms. The molecule has 2 rings (SSSR count). The number of benzene rings is 1. The highest BCUT2D eigenvalue weighted by Crippen LogP contribution is 2.17. The molecule has 3 nitrogen and oxygen atoms in total. The molecule has 1 aromatic rings. The standard InChI is InChI=1S/C16H23BrN2O/c17-14-9-7-13(8-10-14)11-18-12-16(20)19-15-5-3-1-2-4-6-15/h7-10,15,18H,1-6,11-12H2,(H,19,20). The highest BCUT2D eigenvalue weighted by atomic mass is 79.9. The number of hydrogen-bond acceptors (Lipinski definition) is 2. The van der Waals surface area contributed by atoms with Crippen molar-refractivity contribution in [1.29, 1.82) is 0 Å². The second kappa shape index (κ2) is 8.42. The van der Waals surface area contributed by atoms with Gasteiger partial charge in [-0.25, -0.2) is 0 Å². The topological polar surface area (TPSA) is 41.1 Å². The van der Waals surface area contributed by atoms with Crippen molar-refractivity contribution in [3.8, 4) is 0 Å². The summed E-state index contributed by atoms with van der Waals surface area (Å²) in [6.45, 7) is 1.12. The average Bonchev–Trinajstić information content (AvgIpc) is 2.70. The van der Waals surface area contributed by atoms with Crippen LogP contribution in [-0.2, 0) is 11.3 Å². The third-order valence-electron chi connectivity index (χ3n) is 3.75. The Kier molecular flexibility index (Phi) is 6.54. The van der Waals surface area contributed by atoms with Gasteiger partial charge >= 0.3 is 0 Å². The molecule has 1 aliphatic carbocycles. The lowest BCUT2D eigenvalue weighted by Crippen LogP contribution is -2.40. The van der Waals surface area contributed by atoms with Crippen LogP contribution in [0.4, 0.5) is 0 Å². The first-order valence-electron chi connectivity index (χ1n) is 7.48. The van der Waals surface area contributed by atoms with Crippen LogP contribution in [0, 0.1) is 0 Å². The molecule has 0 radical (unpaired) electrons. The van der Waals surface area contributed by atoms with Gasteiger partial charge in [0.25, 0.3) is 0 Å². The molecule has 0 saturated heterocycles. The molecule has 1 saturated carbocycles. The first kappa shape index (κ1) is 15.5. The Morgan fingerprint density at radius 3 is 2.40 bits per heavy atom. The minimum atomic E-state index is 0.119. The first-order chi connectivity index (χ1) is 9.74. The molecule has 0 unspecified atom stereocenters. The number of nitrogens with one attached hydrogen (secondary N) is 2. The molecule has 0 atom stereocenters. The summed E-state index contributed by atoms with van der Waals surface area (Å²) in [4.78, 5) is 11.9. The van der Waals surface area contributed by atoms with Crippen molar-refractivity contribution in [2.75, 3.05) is 6.54 Å². The van der Waals surface area contributed by atoms with Crippen molar-refractivity contribution >= 4 is 21.8 Å². The zero-order valence-electron chi connectivity index (χ0n) is 11.8. The van der Waals surface area contributed by atoms with E-state index in [1.807, 2.05) is 12.1 Å². The van der Waals surface area contributed by atoms with Crippen LogP contribution in [0.2, 0.25) is 0 Å². The number of halogens is 1. The predicted molar refractivity (Wildman–Crippen MR) is 85.5 cm³/mol. The molecule has 0 bridgehead atoms. The van der Waals surface area contributed by atoms with Gasteiger partial charge in [-0.05, 0) is 30.5 Å².